The van der Waals surface area contributed by atoms with Crippen LogP contribution in [-0.4, -0.2) is 56.9 Å². The number of carboxylic acid groups (broad SMARTS) is 1. The minimum Gasteiger partial charge on any atom is -0.481 e. The first-order chi connectivity index (χ1) is 11.4. The Labute approximate surface area is 144 Å². The fourth-order valence-electron chi connectivity index (χ4n) is 2.97. The van der Waals surface area contributed by atoms with Gasteiger partial charge in [-0.3, -0.25) is 4.79 Å². The van der Waals surface area contributed by atoms with Gasteiger partial charge in [0.05, 0.1) is 30.5 Å². The summed E-state index contributed by atoms with van der Waals surface area (Å²) in [7, 11) is 0. The average molecular weight is 344 g/mol. The van der Waals surface area contributed by atoms with E-state index in [1.807, 2.05) is 6.92 Å². The maximum atomic E-state index is 10.4. The van der Waals surface area contributed by atoms with Gasteiger partial charge in [-0.25, -0.2) is 0 Å². The van der Waals surface area contributed by atoms with E-state index in [1.165, 1.54) is 0 Å². The second kappa shape index (κ2) is 11.6. The van der Waals surface area contributed by atoms with E-state index in [9.17, 15) is 20.1 Å². The second-order valence-electron chi connectivity index (χ2n) is 6.57. The molecule has 4 N–H and O–H groups in total. The number of hydrogen-bond acceptors (Lipinski definition) is 5. The summed E-state index contributed by atoms with van der Waals surface area (Å²) in [6.07, 6.45) is 6.92. The van der Waals surface area contributed by atoms with Crippen molar-refractivity contribution >= 4 is 5.97 Å². The molecule has 0 radical (unpaired) electrons. The molecule has 0 saturated carbocycles. The third-order valence-electron chi connectivity index (χ3n) is 4.46. The smallest absolute Gasteiger partial charge is 0.303 e. The van der Waals surface area contributed by atoms with Crippen molar-refractivity contribution in [1.29, 1.82) is 0 Å². The molecule has 1 rings (SSSR count). The summed E-state index contributed by atoms with van der Waals surface area (Å²) in [6, 6.07) is 0. The van der Waals surface area contributed by atoms with E-state index in [1.54, 1.807) is 12.2 Å². The van der Waals surface area contributed by atoms with Crippen molar-refractivity contribution in [3.63, 3.8) is 0 Å². The molecule has 1 saturated heterocycles. The molecule has 0 aromatic carbocycles. The van der Waals surface area contributed by atoms with Crippen LogP contribution >= 0.6 is 0 Å². The Kier molecular flexibility index (Phi) is 10.2. The lowest BCUT2D eigenvalue weighted by atomic mass is 10.0. The highest BCUT2D eigenvalue weighted by molar-refractivity contribution is 5.66. The minimum absolute atomic E-state index is 0.218. The molecule has 0 spiro atoms. The first kappa shape index (κ1) is 21.1. The fourth-order valence-corrected chi connectivity index (χ4v) is 2.97. The molecule has 0 aromatic heterocycles. The van der Waals surface area contributed by atoms with Gasteiger partial charge in [0, 0.05) is 12.8 Å². The zero-order valence-corrected chi connectivity index (χ0v) is 14.5. The van der Waals surface area contributed by atoms with Crippen LogP contribution in [0.3, 0.4) is 0 Å². The summed E-state index contributed by atoms with van der Waals surface area (Å²) in [4.78, 5) is 10.4. The van der Waals surface area contributed by atoms with E-state index >= 15 is 0 Å². The number of carboxylic acids is 1. The van der Waals surface area contributed by atoms with Crippen LogP contribution < -0.4 is 0 Å². The lowest BCUT2D eigenvalue weighted by Crippen LogP contribution is -2.24. The third-order valence-corrected chi connectivity index (χ3v) is 4.46. The normalized spacial score (nSPS) is 26.8. The molecule has 1 aliphatic rings. The molecule has 6 nitrogen and oxygen atoms in total. The van der Waals surface area contributed by atoms with E-state index in [-0.39, 0.29) is 12.5 Å². The predicted molar refractivity (Wildman–Crippen MR) is 90.7 cm³/mol. The van der Waals surface area contributed by atoms with Gasteiger partial charge in [-0.05, 0) is 19.3 Å². The zero-order chi connectivity index (χ0) is 17.9. The predicted octanol–water partition coefficient (Wildman–Crippen LogP) is 2.01. The van der Waals surface area contributed by atoms with E-state index in [0.29, 0.717) is 25.7 Å². The third kappa shape index (κ3) is 8.24. The van der Waals surface area contributed by atoms with E-state index < -0.39 is 30.4 Å². The maximum Gasteiger partial charge on any atom is 0.303 e. The molecule has 1 aliphatic heterocycles. The molecule has 24 heavy (non-hydrogen) atoms. The molecule has 5 atom stereocenters. The van der Waals surface area contributed by atoms with Gasteiger partial charge in [0.15, 0.2) is 0 Å². The topological polar surface area (TPSA) is 107 Å². The molecule has 0 aromatic rings. The minimum atomic E-state index is -0.818. The van der Waals surface area contributed by atoms with Crippen LogP contribution in [0, 0.1) is 0 Å². The second-order valence-corrected chi connectivity index (χ2v) is 6.57. The number of aliphatic hydroxyl groups is 3. The van der Waals surface area contributed by atoms with E-state index in [0.717, 1.165) is 25.7 Å². The maximum absolute atomic E-state index is 10.4. The summed E-state index contributed by atoms with van der Waals surface area (Å²) in [6.45, 7) is 1.93. The number of aliphatic carboxylic acids is 1. The van der Waals surface area contributed by atoms with Crippen molar-refractivity contribution in [3.8, 4) is 0 Å². The van der Waals surface area contributed by atoms with Crippen LogP contribution in [0.4, 0.5) is 0 Å². The Hall–Kier alpha value is -0.950. The van der Waals surface area contributed by atoms with Crippen LogP contribution in [0.1, 0.15) is 64.7 Å². The molecule has 1 heterocycles. The van der Waals surface area contributed by atoms with Gasteiger partial charge in [0.25, 0.3) is 0 Å². The largest absolute Gasteiger partial charge is 0.481 e. The number of ether oxygens (including phenoxy) is 1. The van der Waals surface area contributed by atoms with Gasteiger partial charge >= 0.3 is 5.97 Å². The Balaban J connectivity index is 2.12. The van der Waals surface area contributed by atoms with Crippen molar-refractivity contribution in [2.24, 2.45) is 0 Å². The standard InChI is InChI=1S/C18H32O6/c1-2-16-15(21)12-17(24-16)14(20)11-10-13(19)8-6-4-3-5-7-9-18(22)23/h10-11,13-17,19-21H,2-9,12H2,1H3,(H,22,23)/b11-10+/t13-,14-,15-,16+,17-/m0/s1. The molecule has 1 fully saturated rings. The lowest BCUT2D eigenvalue weighted by Gasteiger charge is -2.16. The molecule has 6 heteroatoms. The van der Waals surface area contributed by atoms with Crippen LogP contribution in [0.25, 0.3) is 0 Å². The number of hydrogen-bond donors (Lipinski definition) is 4. The monoisotopic (exact) mass is 344 g/mol. The van der Waals surface area contributed by atoms with Gasteiger partial charge in [-0.1, -0.05) is 44.8 Å². The Morgan fingerprint density at radius 1 is 1.17 bits per heavy atom. The highest BCUT2D eigenvalue weighted by Gasteiger charge is 2.35. The Morgan fingerprint density at radius 3 is 2.46 bits per heavy atom. The average Bonchev–Trinajstić information content (AvgIpc) is 2.92. The van der Waals surface area contributed by atoms with Gasteiger partial charge in [-0.2, -0.15) is 0 Å². The number of aliphatic hydroxyl groups excluding tert-OH is 3. The van der Waals surface area contributed by atoms with Gasteiger partial charge in [0.1, 0.15) is 0 Å². The fraction of sp³-hybridized carbons (Fsp3) is 0.833. The van der Waals surface area contributed by atoms with Crippen LogP contribution in [0.5, 0.6) is 0 Å². The van der Waals surface area contributed by atoms with Gasteiger partial charge in [0.2, 0.25) is 0 Å². The summed E-state index contributed by atoms with van der Waals surface area (Å²) < 4.78 is 5.60. The summed E-state index contributed by atoms with van der Waals surface area (Å²) in [5.74, 6) is -0.752. The molecule has 0 bridgehead atoms. The van der Waals surface area contributed by atoms with E-state index in [4.69, 9.17) is 9.84 Å². The summed E-state index contributed by atoms with van der Waals surface area (Å²) in [5, 5.41) is 38.3. The van der Waals surface area contributed by atoms with Crippen molar-refractivity contribution in [2.45, 2.75) is 95.2 Å². The number of rotatable bonds is 12. The van der Waals surface area contributed by atoms with E-state index in [2.05, 4.69) is 0 Å². The van der Waals surface area contributed by atoms with Crippen molar-refractivity contribution in [2.75, 3.05) is 0 Å². The Bertz CT molecular complexity index is 384. The molecule has 0 aliphatic carbocycles. The molecule has 0 unspecified atom stereocenters. The molecular formula is C18H32O6. The summed E-state index contributed by atoms with van der Waals surface area (Å²) >= 11 is 0. The summed E-state index contributed by atoms with van der Waals surface area (Å²) in [5.41, 5.74) is 0. The highest BCUT2D eigenvalue weighted by atomic mass is 16.5. The van der Waals surface area contributed by atoms with Crippen molar-refractivity contribution < 1.29 is 30.0 Å². The Morgan fingerprint density at radius 2 is 1.83 bits per heavy atom. The van der Waals surface area contributed by atoms with Crippen molar-refractivity contribution in [1.82, 2.24) is 0 Å². The number of carbonyl (C=O) groups is 1. The first-order valence-electron chi connectivity index (χ1n) is 9.03. The van der Waals surface area contributed by atoms with Gasteiger partial charge in [-0.15, -0.1) is 0 Å². The van der Waals surface area contributed by atoms with Gasteiger partial charge < -0.3 is 25.2 Å². The van der Waals surface area contributed by atoms with Crippen LogP contribution in [0.2, 0.25) is 0 Å². The lowest BCUT2D eigenvalue weighted by molar-refractivity contribution is -0.137. The SMILES string of the molecule is CC[C@H]1O[C@H]([C@@H](O)/C=C/[C@@H](O)CCCCCCCC(=O)O)C[C@@H]1O. The number of unbranched alkanes of at least 4 members (excludes halogenated alkanes) is 4. The van der Waals surface area contributed by atoms with Crippen LogP contribution in [0.15, 0.2) is 12.2 Å². The van der Waals surface area contributed by atoms with Crippen LogP contribution in [-0.2, 0) is 9.53 Å². The van der Waals surface area contributed by atoms with Crippen molar-refractivity contribution in [3.05, 3.63) is 12.2 Å². The zero-order valence-electron chi connectivity index (χ0n) is 14.5. The quantitative estimate of drug-likeness (QED) is 0.319. The highest BCUT2D eigenvalue weighted by Crippen LogP contribution is 2.25. The molecule has 0 amide bonds. The first-order valence-corrected chi connectivity index (χ1v) is 9.03. The molecular weight excluding hydrogens is 312 g/mol. The molecule has 140 valence electrons.